The Kier molecular flexibility index (Phi) is 3.92. The molecule has 1 atom stereocenters. The first kappa shape index (κ1) is 13.4. The van der Waals surface area contributed by atoms with Gasteiger partial charge in [0, 0.05) is 18.2 Å². The van der Waals surface area contributed by atoms with Crippen LogP contribution in [0, 0.1) is 0 Å². The number of Topliss-reactive ketones (excluding diaryl/α,β-unsaturated/α-hetero) is 1. The van der Waals surface area contributed by atoms with Crippen molar-refractivity contribution in [2.45, 2.75) is 44.7 Å². The van der Waals surface area contributed by atoms with Gasteiger partial charge in [-0.05, 0) is 38.0 Å². The highest BCUT2D eigenvalue weighted by molar-refractivity contribution is 6.01. The highest BCUT2D eigenvalue weighted by atomic mass is 16.5. The molecule has 1 saturated carbocycles. The highest BCUT2D eigenvalue weighted by Crippen LogP contribution is 2.28. The Bertz CT molecular complexity index is 495. The van der Waals surface area contributed by atoms with Gasteiger partial charge >= 0.3 is 0 Å². The van der Waals surface area contributed by atoms with Gasteiger partial charge in [0.1, 0.15) is 12.4 Å². The fourth-order valence-corrected chi connectivity index (χ4v) is 3.07. The number of fused-ring (bicyclic) bond motifs is 1. The van der Waals surface area contributed by atoms with Gasteiger partial charge in [0.15, 0.2) is 5.78 Å². The lowest BCUT2D eigenvalue weighted by atomic mass is 10.0. The largest absolute Gasteiger partial charge is 0.490 e. The molecule has 20 heavy (non-hydrogen) atoms. The molecule has 1 heterocycles. The van der Waals surface area contributed by atoms with Gasteiger partial charge in [-0.1, -0.05) is 12.8 Å². The van der Waals surface area contributed by atoms with Crippen LogP contribution in [0.4, 0.5) is 5.69 Å². The third-order valence-corrected chi connectivity index (χ3v) is 4.17. The van der Waals surface area contributed by atoms with E-state index in [2.05, 4.69) is 10.6 Å². The minimum absolute atomic E-state index is 0.124. The molecule has 0 spiro atoms. The number of nitrogens with one attached hydrogen (secondary N) is 2. The third kappa shape index (κ3) is 2.80. The molecule has 1 aromatic rings. The van der Waals surface area contributed by atoms with Crippen LogP contribution in [0.3, 0.4) is 0 Å². The van der Waals surface area contributed by atoms with Crippen molar-refractivity contribution in [2.24, 2.45) is 0 Å². The maximum absolute atomic E-state index is 12.5. The minimum Gasteiger partial charge on any atom is -0.490 e. The van der Waals surface area contributed by atoms with Crippen molar-refractivity contribution >= 4 is 11.5 Å². The monoisotopic (exact) mass is 274 g/mol. The number of ketones is 1. The standard InChI is InChI=1S/C16H22N2O2/c1-11(18-13-4-2-3-5-13)16(19)12-6-7-15-14(10-12)17-8-9-20-15/h6-7,10-11,13,17-18H,2-5,8-9H2,1H3. The van der Waals surface area contributed by atoms with E-state index in [9.17, 15) is 4.79 Å². The van der Waals surface area contributed by atoms with Crippen LogP contribution in [-0.2, 0) is 0 Å². The van der Waals surface area contributed by atoms with Crippen LogP contribution >= 0.6 is 0 Å². The number of ether oxygens (including phenoxy) is 1. The van der Waals surface area contributed by atoms with E-state index in [0.717, 1.165) is 23.5 Å². The first-order chi connectivity index (χ1) is 9.74. The van der Waals surface area contributed by atoms with Crippen molar-refractivity contribution in [3.63, 3.8) is 0 Å². The molecule has 1 aromatic carbocycles. The summed E-state index contributed by atoms with van der Waals surface area (Å²) in [6.45, 7) is 3.44. The van der Waals surface area contributed by atoms with Crippen LogP contribution in [0.5, 0.6) is 5.75 Å². The van der Waals surface area contributed by atoms with Crippen molar-refractivity contribution in [1.82, 2.24) is 5.32 Å². The second-order valence-corrected chi connectivity index (χ2v) is 5.72. The zero-order chi connectivity index (χ0) is 13.9. The van der Waals surface area contributed by atoms with Gasteiger partial charge in [-0.25, -0.2) is 0 Å². The highest BCUT2D eigenvalue weighted by Gasteiger charge is 2.22. The van der Waals surface area contributed by atoms with E-state index in [1.807, 2.05) is 25.1 Å². The maximum Gasteiger partial charge on any atom is 0.179 e. The van der Waals surface area contributed by atoms with Crippen LogP contribution in [0.1, 0.15) is 43.0 Å². The molecule has 4 nitrogen and oxygen atoms in total. The van der Waals surface area contributed by atoms with Gasteiger partial charge in [-0.15, -0.1) is 0 Å². The number of benzene rings is 1. The van der Waals surface area contributed by atoms with E-state index >= 15 is 0 Å². The molecule has 1 aliphatic heterocycles. The third-order valence-electron chi connectivity index (χ3n) is 4.17. The fourth-order valence-electron chi connectivity index (χ4n) is 3.07. The van der Waals surface area contributed by atoms with Crippen molar-refractivity contribution in [1.29, 1.82) is 0 Å². The Balaban J connectivity index is 1.69. The molecule has 4 heteroatoms. The first-order valence-corrected chi connectivity index (χ1v) is 7.55. The van der Waals surface area contributed by atoms with E-state index in [1.54, 1.807) is 0 Å². The van der Waals surface area contributed by atoms with Crippen LogP contribution in [-0.4, -0.2) is 31.0 Å². The van der Waals surface area contributed by atoms with Crippen LogP contribution in [0.2, 0.25) is 0 Å². The SMILES string of the molecule is CC(NC1CCCC1)C(=O)c1ccc2c(c1)NCCO2. The van der Waals surface area contributed by atoms with Crippen molar-refractivity contribution < 1.29 is 9.53 Å². The molecule has 0 amide bonds. The topological polar surface area (TPSA) is 50.4 Å². The zero-order valence-corrected chi connectivity index (χ0v) is 11.9. The van der Waals surface area contributed by atoms with E-state index in [-0.39, 0.29) is 11.8 Å². The van der Waals surface area contributed by atoms with Gasteiger partial charge in [-0.3, -0.25) is 4.79 Å². The van der Waals surface area contributed by atoms with Gasteiger partial charge in [0.05, 0.1) is 11.7 Å². The molecule has 3 rings (SSSR count). The molecule has 0 bridgehead atoms. The van der Waals surface area contributed by atoms with E-state index < -0.39 is 0 Å². The predicted molar refractivity (Wildman–Crippen MR) is 79.6 cm³/mol. The summed E-state index contributed by atoms with van der Waals surface area (Å²) < 4.78 is 5.54. The summed E-state index contributed by atoms with van der Waals surface area (Å²) >= 11 is 0. The Morgan fingerprint density at radius 2 is 2.20 bits per heavy atom. The Hall–Kier alpha value is -1.55. The molecule has 1 aliphatic carbocycles. The number of carbonyl (C=O) groups excluding carboxylic acids is 1. The molecule has 0 radical (unpaired) electrons. The van der Waals surface area contributed by atoms with Crippen molar-refractivity contribution in [3.05, 3.63) is 23.8 Å². The Labute approximate surface area is 119 Å². The van der Waals surface area contributed by atoms with E-state index in [4.69, 9.17) is 4.74 Å². The fraction of sp³-hybridized carbons (Fsp3) is 0.562. The van der Waals surface area contributed by atoms with Gasteiger partial charge < -0.3 is 15.4 Å². The summed E-state index contributed by atoms with van der Waals surface area (Å²) in [4.78, 5) is 12.5. The molecule has 0 aromatic heterocycles. The molecule has 2 aliphatic rings. The average Bonchev–Trinajstić information content (AvgIpc) is 2.99. The molecule has 1 fully saturated rings. The predicted octanol–water partition coefficient (Wildman–Crippen LogP) is 2.59. The van der Waals surface area contributed by atoms with E-state index in [1.165, 1.54) is 25.7 Å². The molecule has 2 N–H and O–H groups in total. The van der Waals surface area contributed by atoms with Gasteiger partial charge in [0.2, 0.25) is 0 Å². The van der Waals surface area contributed by atoms with Crippen LogP contribution < -0.4 is 15.4 Å². The van der Waals surface area contributed by atoms with Crippen LogP contribution in [0.25, 0.3) is 0 Å². The second kappa shape index (κ2) is 5.83. The van der Waals surface area contributed by atoms with Crippen molar-refractivity contribution in [2.75, 3.05) is 18.5 Å². The lowest BCUT2D eigenvalue weighted by Crippen LogP contribution is -2.40. The average molecular weight is 274 g/mol. The smallest absolute Gasteiger partial charge is 0.179 e. The summed E-state index contributed by atoms with van der Waals surface area (Å²) in [6, 6.07) is 6.04. The minimum atomic E-state index is -0.124. The molecular weight excluding hydrogens is 252 g/mol. The summed E-state index contributed by atoms with van der Waals surface area (Å²) in [5.41, 5.74) is 1.68. The molecule has 1 unspecified atom stereocenters. The molecular formula is C16H22N2O2. The second-order valence-electron chi connectivity index (χ2n) is 5.72. The maximum atomic E-state index is 12.5. The number of hydrogen-bond donors (Lipinski definition) is 2. The normalized spacial score (nSPS) is 19.9. The summed E-state index contributed by atoms with van der Waals surface area (Å²) in [7, 11) is 0. The molecule has 108 valence electrons. The summed E-state index contributed by atoms with van der Waals surface area (Å²) in [5, 5.41) is 6.73. The van der Waals surface area contributed by atoms with Gasteiger partial charge in [0.25, 0.3) is 0 Å². The lowest BCUT2D eigenvalue weighted by molar-refractivity contribution is 0.0944. The quantitative estimate of drug-likeness (QED) is 0.829. The Morgan fingerprint density at radius 3 is 3.00 bits per heavy atom. The lowest BCUT2D eigenvalue weighted by Gasteiger charge is -2.21. The zero-order valence-electron chi connectivity index (χ0n) is 11.9. The number of hydrogen-bond acceptors (Lipinski definition) is 4. The van der Waals surface area contributed by atoms with Crippen LogP contribution in [0.15, 0.2) is 18.2 Å². The summed E-state index contributed by atoms with van der Waals surface area (Å²) in [5.74, 6) is 0.997. The first-order valence-electron chi connectivity index (χ1n) is 7.55. The summed E-state index contributed by atoms with van der Waals surface area (Å²) in [6.07, 6.45) is 4.94. The number of rotatable bonds is 4. The van der Waals surface area contributed by atoms with Gasteiger partial charge in [-0.2, -0.15) is 0 Å². The molecule has 0 saturated heterocycles. The number of anilines is 1. The Morgan fingerprint density at radius 1 is 1.40 bits per heavy atom. The van der Waals surface area contributed by atoms with Crippen molar-refractivity contribution in [3.8, 4) is 5.75 Å². The number of carbonyl (C=O) groups is 1. The van der Waals surface area contributed by atoms with E-state index in [0.29, 0.717) is 12.6 Å².